The van der Waals surface area contributed by atoms with E-state index in [0.29, 0.717) is 26.2 Å². The molecule has 0 saturated heterocycles. The summed E-state index contributed by atoms with van der Waals surface area (Å²) in [6.45, 7) is 5.04. The van der Waals surface area contributed by atoms with Gasteiger partial charge < -0.3 is 23.7 Å². The van der Waals surface area contributed by atoms with Crippen molar-refractivity contribution in [2.75, 3.05) is 34.0 Å². The molecule has 0 bridgehead atoms. The van der Waals surface area contributed by atoms with Gasteiger partial charge in [-0.05, 0) is 84.5 Å². The van der Waals surface area contributed by atoms with Crippen LogP contribution in [0, 0.1) is 0 Å². The van der Waals surface area contributed by atoms with Gasteiger partial charge in [-0.3, -0.25) is 0 Å². The molecule has 0 aliphatic heterocycles. The zero-order valence-corrected chi connectivity index (χ0v) is 21.4. The third kappa shape index (κ3) is 5.65. The first-order chi connectivity index (χ1) is 17.6. The standard InChI is InChI=1S/C30H34O6/c1-5-34-29(30(31)35-6-2)17-20-7-9-21(10-8-20)36-16-15-26-24-13-11-22(32-3)18-27(24)28-19-23(33-4)12-14-25(26)28/h7-14,18-19,26,29H,5-6,15-17H2,1-4H3. The molecule has 190 valence electrons. The quantitative estimate of drug-likeness (QED) is 0.299. The molecule has 0 saturated carbocycles. The number of methoxy groups -OCH3 is 2. The number of carbonyl (C=O) groups is 1. The van der Waals surface area contributed by atoms with Crippen LogP contribution in [-0.4, -0.2) is 46.1 Å². The zero-order valence-electron chi connectivity index (χ0n) is 21.4. The average Bonchev–Trinajstić information content (AvgIpc) is 3.21. The number of benzene rings is 3. The number of hydrogen-bond donors (Lipinski definition) is 0. The van der Waals surface area contributed by atoms with Crippen molar-refractivity contribution in [1.29, 1.82) is 0 Å². The molecule has 0 amide bonds. The van der Waals surface area contributed by atoms with E-state index in [1.165, 1.54) is 22.3 Å². The molecule has 1 aliphatic carbocycles. The van der Waals surface area contributed by atoms with E-state index in [9.17, 15) is 4.79 Å². The summed E-state index contributed by atoms with van der Waals surface area (Å²) >= 11 is 0. The summed E-state index contributed by atoms with van der Waals surface area (Å²) in [7, 11) is 3.38. The summed E-state index contributed by atoms with van der Waals surface area (Å²) in [5.74, 6) is 2.39. The van der Waals surface area contributed by atoms with Gasteiger partial charge in [0.1, 0.15) is 17.2 Å². The molecule has 6 heteroatoms. The molecule has 3 aromatic carbocycles. The minimum Gasteiger partial charge on any atom is -0.497 e. The minimum absolute atomic E-state index is 0.239. The maximum absolute atomic E-state index is 12.1. The highest BCUT2D eigenvalue weighted by Gasteiger charge is 2.29. The lowest BCUT2D eigenvalue weighted by Crippen LogP contribution is -2.28. The van der Waals surface area contributed by atoms with E-state index >= 15 is 0 Å². The van der Waals surface area contributed by atoms with Crippen LogP contribution in [0.1, 0.15) is 42.9 Å². The minimum atomic E-state index is -0.596. The fraction of sp³-hybridized carbons (Fsp3) is 0.367. The Balaban J connectivity index is 1.41. The molecule has 0 heterocycles. The first-order valence-electron chi connectivity index (χ1n) is 12.4. The van der Waals surface area contributed by atoms with Crippen LogP contribution in [-0.2, 0) is 20.7 Å². The van der Waals surface area contributed by atoms with Gasteiger partial charge in [-0.1, -0.05) is 24.3 Å². The van der Waals surface area contributed by atoms with Crippen LogP contribution in [0.15, 0.2) is 60.7 Å². The van der Waals surface area contributed by atoms with E-state index in [-0.39, 0.29) is 11.9 Å². The van der Waals surface area contributed by atoms with E-state index in [1.54, 1.807) is 21.1 Å². The highest BCUT2D eigenvalue weighted by atomic mass is 16.6. The lowest BCUT2D eigenvalue weighted by Gasteiger charge is -2.16. The van der Waals surface area contributed by atoms with Gasteiger partial charge in [-0.15, -0.1) is 0 Å². The first kappa shape index (κ1) is 25.6. The van der Waals surface area contributed by atoms with Gasteiger partial charge >= 0.3 is 5.97 Å². The molecule has 0 aromatic heterocycles. The third-order valence-corrected chi connectivity index (χ3v) is 6.50. The first-order valence-corrected chi connectivity index (χ1v) is 12.4. The molecule has 3 aromatic rings. The van der Waals surface area contributed by atoms with E-state index < -0.39 is 6.10 Å². The molecule has 0 spiro atoms. The van der Waals surface area contributed by atoms with Gasteiger partial charge in [0.05, 0.1) is 27.4 Å². The number of rotatable bonds is 12. The maximum atomic E-state index is 12.1. The van der Waals surface area contributed by atoms with Crippen molar-refractivity contribution >= 4 is 5.97 Å². The predicted octanol–water partition coefficient (Wildman–Crippen LogP) is 5.80. The van der Waals surface area contributed by atoms with Crippen LogP contribution in [0.3, 0.4) is 0 Å². The van der Waals surface area contributed by atoms with Gasteiger partial charge in [-0.2, -0.15) is 0 Å². The average molecular weight is 491 g/mol. The van der Waals surface area contributed by atoms with E-state index in [2.05, 4.69) is 24.3 Å². The number of ether oxygens (including phenoxy) is 5. The number of esters is 1. The Morgan fingerprint density at radius 1 is 0.806 bits per heavy atom. The van der Waals surface area contributed by atoms with Crippen LogP contribution in [0.4, 0.5) is 0 Å². The van der Waals surface area contributed by atoms with Crippen molar-refractivity contribution in [3.8, 4) is 28.4 Å². The molecule has 4 rings (SSSR count). The second-order valence-electron chi connectivity index (χ2n) is 8.64. The van der Waals surface area contributed by atoms with Crippen molar-refractivity contribution in [2.24, 2.45) is 0 Å². The summed E-state index contributed by atoms with van der Waals surface area (Å²) in [5, 5.41) is 0. The van der Waals surface area contributed by atoms with Crippen LogP contribution >= 0.6 is 0 Å². The van der Waals surface area contributed by atoms with Crippen LogP contribution in [0.5, 0.6) is 17.2 Å². The van der Waals surface area contributed by atoms with Gasteiger partial charge in [0.2, 0.25) is 0 Å². The largest absolute Gasteiger partial charge is 0.497 e. The second kappa shape index (κ2) is 12.0. The Morgan fingerprint density at radius 2 is 1.39 bits per heavy atom. The highest BCUT2D eigenvalue weighted by molar-refractivity contribution is 5.81. The Morgan fingerprint density at radius 3 is 1.92 bits per heavy atom. The lowest BCUT2D eigenvalue weighted by atomic mass is 9.94. The van der Waals surface area contributed by atoms with Crippen molar-refractivity contribution in [1.82, 2.24) is 0 Å². The number of carbonyl (C=O) groups excluding carboxylic acids is 1. The van der Waals surface area contributed by atoms with Crippen molar-refractivity contribution in [3.63, 3.8) is 0 Å². The molecule has 0 radical (unpaired) electrons. The van der Waals surface area contributed by atoms with Crippen molar-refractivity contribution < 1.29 is 28.5 Å². The van der Waals surface area contributed by atoms with E-state index in [0.717, 1.165) is 29.2 Å². The summed E-state index contributed by atoms with van der Waals surface area (Å²) in [4.78, 5) is 12.1. The normalized spacial score (nSPS) is 13.0. The smallest absolute Gasteiger partial charge is 0.335 e. The van der Waals surface area contributed by atoms with Crippen molar-refractivity contribution in [3.05, 3.63) is 77.4 Å². The monoisotopic (exact) mass is 490 g/mol. The van der Waals surface area contributed by atoms with Gasteiger partial charge in [0.25, 0.3) is 0 Å². The van der Waals surface area contributed by atoms with Gasteiger partial charge in [0.15, 0.2) is 6.10 Å². The van der Waals surface area contributed by atoms with Crippen LogP contribution in [0.25, 0.3) is 11.1 Å². The number of hydrogen-bond acceptors (Lipinski definition) is 6. The fourth-order valence-electron chi connectivity index (χ4n) is 4.75. The molecule has 1 atom stereocenters. The molecule has 0 N–H and O–H groups in total. The molecule has 0 fully saturated rings. The van der Waals surface area contributed by atoms with Crippen molar-refractivity contribution in [2.45, 2.75) is 38.7 Å². The number of fused-ring (bicyclic) bond motifs is 3. The molecular weight excluding hydrogens is 456 g/mol. The van der Waals surface area contributed by atoms with E-state index in [4.69, 9.17) is 23.7 Å². The third-order valence-electron chi connectivity index (χ3n) is 6.50. The Labute approximate surface area is 213 Å². The Kier molecular flexibility index (Phi) is 8.49. The second-order valence-corrected chi connectivity index (χ2v) is 8.64. The Hall–Kier alpha value is -3.51. The SMILES string of the molecule is CCOC(=O)C(Cc1ccc(OCCC2c3ccc(OC)cc3-c3cc(OC)ccc32)cc1)OCC. The highest BCUT2D eigenvalue weighted by Crippen LogP contribution is 2.48. The molecule has 36 heavy (non-hydrogen) atoms. The fourth-order valence-corrected chi connectivity index (χ4v) is 4.75. The summed E-state index contributed by atoms with van der Waals surface area (Å²) < 4.78 is 27.8. The maximum Gasteiger partial charge on any atom is 0.335 e. The lowest BCUT2D eigenvalue weighted by molar-refractivity contribution is -0.156. The molecule has 6 nitrogen and oxygen atoms in total. The molecule has 1 aliphatic rings. The summed E-state index contributed by atoms with van der Waals surface area (Å²) in [6.07, 6.45) is 0.715. The predicted molar refractivity (Wildman–Crippen MR) is 139 cm³/mol. The zero-order chi connectivity index (χ0) is 25.5. The molecule has 1 unspecified atom stereocenters. The summed E-state index contributed by atoms with van der Waals surface area (Å²) in [5.41, 5.74) is 5.92. The summed E-state index contributed by atoms with van der Waals surface area (Å²) in [6, 6.07) is 20.3. The topological polar surface area (TPSA) is 63.2 Å². The molecular formula is C30H34O6. The van der Waals surface area contributed by atoms with Gasteiger partial charge in [-0.25, -0.2) is 4.79 Å². The van der Waals surface area contributed by atoms with Crippen LogP contribution < -0.4 is 14.2 Å². The van der Waals surface area contributed by atoms with E-state index in [1.807, 2.05) is 43.3 Å². The Bertz CT molecular complexity index is 1120. The van der Waals surface area contributed by atoms with Gasteiger partial charge in [0, 0.05) is 18.9 Å². The van der Waals surface area contributed by atoms with Crippen LogP contribution in [0.2, 0.25) is 0 Å².